The molecule has 0 aromatic heterocycles. The van der Waals surface area contributed by atoms with Crippen molar-refractivity contribution in [2.75, 3.05) is 26.2 Å². The molecule has 0 unspecified atom stereocenters. The van der Waals surface area contributed by atoms with Crippen LogP contribution in [0.25, 0.3) is 0 Å². The Morgan fingerprint density at radius 1 is 1.40 bits per heavy atom. The summed E-state index contributed by atoms with van der Waals surface area (Å²) < 4.78 is 0. The fourth-order valence-electron chi connectivity index (χ4n) is 1.02. The van der Waals surface area contributed by atoms with Crippen molar-refractivity contribution in [3.8, 4) is 0 Å². The molecule has 0 aromatic rings. The molecule has 4 heteroatoms. The average molecular weight is 163 g/mol. The molecule has 1 heterocycles. The maximum absolute atomic E-state index is 10.6. The van der Waals surface area contributed by atoms with Crippen LogP contribution in [0.3, 0.4) is 0 Å². The minimum atomic E-state index is -0.330. The lowest BCUT2D eigenvalue weighted by Gasteiger charge is -2.14. The van der Waals surface area contributed by atoms with Gasteiger partial charge in [0, 0.05) is 19.6 Å². The topological polar surface area (TPSA) is 32.3 Å². The first-order valence-corrected chi connectivity index (χ1v) is 3.83. The molecule has 1 aliphatic rings. The van der Waals surface area contributed by atoms with Crippen molar-refractivity contribution >= 4 is 17.0 Å². The number of rotatable bonds is 0. The van der Waals surface area contributed by atoms with E-state index >= 15 is 0 Å². The third kappa shape index (κ3) is 2.15. The van der Waals surface area contributed by atoms with Gasteiger partial charge in [-0.2, -0.15) is 0 Å². The van der Waals surface area contributed by atoms with Gasteiger partial charge in [-0.15, -0.1) is 0 Å². The molecule has 1 rings (SSSR count). The van der Waals surface area contributed by atoms with Crippen molar-refractivity contribution in [2.24, 2.45) is 0 Å². The van der Waals surface area contributed by atoms with Gasteiger partial charge in [-0.1, -0.05) is 0 Å². The predicted octanol–water partition coefficient (Wildman–Crippen LogP) is 0.641. The smallest absolute Gasteiger partial charge is 0.316 e. The first-order valence-electron chi connectivity index (χ1n) is 3.46. The van der Waals surface area contributed by atoms with Gasteiger partial charge in [0.1, 0.15) is 0 Å². The highest BCUT2D eigenvalue weighted by Gasteiger charge is 2.11. The molecule has 1 aliphatic heterocycles. The Kier molecular flexibility index (Phi) is 2.96. The van der Waals surface area contributed by atoms with Crippen LogP contribution >= 0.6 is 11.6 Å². The third-order valence-electron chi connectivity index (χ3n) is 1.59. The second-order valence-electron chi connectivity index (χ2n) is 2.34. The van der Waals surface area contributed by atoms with E-state index in [1.54, 1.807) is 4.90 Å². The summed E-state index contributed by atoms with van der Waals surface area (Å²) in [7, 11) is 0. The summed E-state index contributed by atoms with van der Waals surface area (Å²) in [4.78, 5) is 12.3. The average Bonchev–Trinajstić information content (AvgIpc) is 2.12. The van der Waals surface area contributed by atoms with Gasteiger partial charge in [-0.05, 0) is 24.6 Å². The maximum Gasteiger partial charge on any atom is 0.316 e. The van der Waals surface area contributed by atoms with Gasteiger partial charge in [0.15, 0.2) is 0 Å². The monoisotopic (exact) mass is 162 g/mol. The van der Waals surface area contributed by atoms with Crippen LogP contribution in [0.4, 0.5) is 4.79 Å². The number of halogens is 1. The van der Waals surface area contributed by atoms with Crippen molar-refractivity contribution in [3.63, 3.8) is 0 Å². The van der Waals surface area contributed by atoms with Gasteiger partial charge in [-0.25, -0.2) is 0 Å². The summed E-state index contributed by atoms with van der Waals surface area (Å²) in [6.07, 6.45) is 0.998. The SMILES string of the molecule is O=C(Cl)N1CCCNCC1. The van der Waals surface area contributed by atoms with E-state index in [-0.39, 0.29) is 5.37 Å². The van der Waals surface area contributed by atoms with Crippen LogP contribution in [0.15, 0.2) is 0 Å². The van der Waals surface area contributed by atoms with E-state index in [1.165, 1.54) is 0 Å². The number of nitrogens with one attached hydrogen (secondary N) is 1. The molecule has 0 spiro atoms. The van der Waals surface area contributed by atoms with Crippen molar-refractivity contribution < 1.29 is 4.79 Å². The molecule has 0 radical (unpaired) electrons. The fraction of sp³-hybridized carbons (Fsp3) is 0.833. The Morgan fingerprint density at radius 2 is 2.20 bits per heavy atom. The van der Waals surface area contributed by atoms with Gasteiger partial charge >= 0.3 is 5.37 Å². The minimum absolute atomic E-state index is 0.330. The molecule has 0 aromatic carbocycles. The van der Waals surface area contributed by atoms with Crippen LogP contribution in [0.5, 0.6) is 0 Å². The highest BCUT2D eigenvalue weighted by molar-refractivity contribution is 6.62. The summed E-state index contributed by atoms with van der Waals surface area (Å²) in [5.74, 6) is 0. The molecule has 1 amide bonds. The first-order chi connectivity index (χ1) is 4.80. The Labute approximate surface area is 65.3 Å². The van der Waals surface area contributed by atoms with Gasteiger partial charge in [-0.3, -0.25) is 4.79 Å². The lowest BCUT2D eigenvalue weighted by atomic mass is 10.4. The Balaban J connectivity index is 2.35. The summed E-state index contributed by atoms with van der Waals surface area (Å²) in [6.45, 7) is 3.37. The molecule has 58 valence electrons. The standard InChI is InChI=1S/C6H11ClN2O/c7-6(10)9-4-1-2-8-3-5-9/h8H,1-5H2. The fourth-order valence-corrected chi connectivity index (χ4v) is 1.19. The quantitative estimate of drug-likeness (QED) is 0.419. The molecule has 0 aliphatic carbocycles. The number of nitrogens with zero attached hydrogens (tertiary/aromatic N) is 1. The van der Waals surface area contributed by atoms with E-state index in [0.717, 1.165) is 32.6 Å². The molecule has 1 fully saturated rings. The summed E-state index contributed by atoms with van der Waals surface area (Å²) in [5, 5.41) is 2.85. The molecule has 1 saturated heterocycles. The Bertz CT molecular complexity index is 121. The summed E-state index contributed by atoms with van der Waals surface area (Å²) in [6, 6.07) is 0. The number of carbonyl (C=O) groups is 1. The summed E-state index contributed by atoms with van der Waals surface area (Å²) >= 11 is 5.29. The predicted molar refractivity (Wildman–Crippen MR) is 40.3 cm³/mol. The number of amides is 1. The Morgan fingerprint density at radius 3 is 2.90 bits per heavy atom. The number of hydrogen-bond acceptors (Lipinski definition) is 2. The van der Waals surface area contributed by atoms with Crippen LogP contribution in [0.1, 0.15) is 6.42 Å². The van der Waals surface area contributed by atoms with Crippen LogP contribution in [0, 0.1) is 0 Å². The molecule has 0 bridgehead atoms. The van der Waals surface area contributed by atoms with E-state index in [0.29, 0.717) is 0 Å². The first kappa shape index (κ1) is 7.82. The van der Waals surface area contributed by atoms with E-state index < -0.39 is 0 Å². The van der Waals surface area contributed by atoms with Crippen molar-refractivity contribution in [3.05, 3.63) is 0 Å². The van der Waals surface area contributed by atoms with E-state index in [4.69, 9.17) is 11.6 Å². The van der Waals surface area contributed by atoms with E-state index in [2.05, 4.69) is 5.32 Å². The largest absolute Gasteiger partial charge is 0.328 e. The lowest BCUT2D eigenvalue weighted by molar-refractivity contribution is 0.225. The molecule has 3 nitrogen and oxygen atoms in total. The normalized spacial score (nSPS) is 20.3. The van der Waals surface area contributed by atoms with Crippen LogP contribution < -0.4 is 5.32 Å². The maximum atomic E-state index is 10.6. The van der Waals surface area contributed by atoms with E-state index in [9.17, 15) is 4.79 Å². The van der Waals surface area contributed by atoms with Gasteiger partial charge in [0.2, 0.25) is 0 Å². The second-order valence-corrected chi connectivity index (χ2v) is 2.67. The minimum Gasteiger partial charge on any atom is -0.328 e. The zero-order chi connectivity index (χ0) is 7.40. The van der Waals surface area contributed by atoms with Crippen LogP contribution in [0.2, 0.25) is 0 Å². The number of hydrogen-bond donors (Lipinski definition) is 1. The lowest BCUT2D eigenvalue weighted by Crippen LogP contribution is -2.29. The molecule has 1 N–H and O–H groups in total. The van der Waals surface area contributed by atoms with Crippen molar-refractivity contribution in [1.82, 2.24) is 10.2 Å². The van der Waals surface area contributed by atoms with Crippen molar-refractivity contribution in [2.45, 2.75) is 6.42 Å². The van der Waals surface area contributed by atoms with Crippen LogP contribution in [-0.2, 0) is 0 Å². The Hall–Kier alpha value is -0.280. The molecule has 0 atom stereocenters. The molecule has 0 saturated carbocycles. The molecular weight excluding hydrogens is 152 g/mol. The highest BCUT2D eigenvalue weighted by Crippen LogP contribution is 1.99. The molecular formula is C6H11ClN2O. The summed E-state index contributed by atoms with van der Waals surface area (Å²) in [5.41, 5.74) is 0. The highest BCUT2D eigenvalue weighted by atomic mass is 35.5. The van der Waals surface area contributed by atoms with Gasteiger partial charge in [0.25, 0.3) is 0 Å². The molecule has 10 heavy (non-hydrogen) atoms. The van der Waals surface area contributed by atoms with Gasteiger partial charge in [0.05, 0.1) is 0 Å². The van der Waals surface area contributed by atoms with Crippen LogP contribution in [-0.4, -0.2) is 36.4 Å². The zero-order valence-corrected chi connectivity index (χ0v) is 6.52. The van der Waals surface area contributed by atoms with E-state index in [1.807, 2.05) is 0 Å². The zero-order valence-electron chi connectivity index (χ0n) is 5.77. The van der Waals surface area contributed by atoms with Gasteiger partial charge < -0.3 is 10.2 Å². The second kappa shape index (κ2) is 3.78. The number of carbonyl (C=O) groups excluding carboxylic acids is 1. The third-order valence-corrected chi connectivity index (χ3v) is 1.83. The van der Waals surface area contributed by atoms with Crippen molar-refractivity contribution in [1.29, 1.82) is 0 Å².